The van der Waals surface area contributed by atoms with Crippen LogP contribution in [0, 0.1) is 0 Å². The normalized spacial score (nSPS) is 12.1. The summed E-state index contributed by atoms with van der Waals surface area (Å²) in [6.07, 6.45) is 0. The first-order valence-corrected chi connectivity index (χ1v) is 9.49. The smallest absolute Gasteiger partial charge is 0.324 e. The number of carbonyl (C=O) groups excluding carboxylic acids is 3. The Kier molecular flexibility index (Phi) is 8.49. The van der Waals surface area contributed by atoms with E-state index in [0.29, 0.717) is 11.6 Å². The van der Waals surface area contributed by atoms with Gasteiger partial charge in [0.05, 0.1) is 11.4 Å². The van der Waals surface area contributed by atoms with Crippen LogP contribution in [0.5, 0.6) is 0 Å². The summed E-state index contributed by atoms with van der Waals surface area (Å²) in [5, 5.41) is 5.11. The number of amides is 2. The van der Waals surface area contributed by atoms with Crippen molar-refractivity contribution in [1.82, 2.24) is 15.4 Å². The number of carbonyl (C=O) groups is 3. The van der Waals surface area contributed by atoms with Gasteiger partial charge in [0.15, 0.2) is 6.61 Å². The number of nitrogens with one attached hydrogen (secondary N) is 3. The molecule has 0 aliphatic heterocycles. The molecule has 26 heavy (non-hydrogen) atoms. The van der Waals surface area contributed by atoms with E-state index in [4.69, 9.17) is 16.3 Å². The molecule has 0 aliphatic rings. The molecule has 144 valence electrons. The van der Waals surface area contributed by atoms with E-state index in [2.05, 4.69) is 15.4 Å². The van der Waals surface area contributed by atoms with Gasteiger partial charge in [-0.15, -0.1) is 0 Å². The molecule has 0 bridgehead atoms. The van der Waals surface area contributed by atoms with Gasteiger partial charge in [0.1, 0.15) is 6.04 Å². The van der Waals surface area contributed by atoms with Gasteiger partial charge in [0.25, 0.3) is 5.91 Å². The van der Waals surface area contributed by atoms with Crippen LogP contribution in [0.25, 0.3) is 0 Å². The Balaban J connectivity index is 2.48. The molecule has 0 heterocycles. The summed E-state index contributed by atoms with van der Waals surface area (Å²) < 4.78 is 31.2. The molecule has 0 radical (unpaired) electrons. The molecule has 2 amide bonds. The number of sulfonamides is 1. The largest absolute Gasteiger partial charge is 0.454 e. The molecule has 0 saturated carbocycles. The highest BCUT2D eigenvalue weighted by Crippen LogP contribution is 2.14. The van der Waals surface area contributed by atoms with Crippen molar-refractivity contribution < 1.29 is 27.5 Å². The van der Waals surface area contributed by atoms with E-state index in [-0.39, 0.29) is 17.3 Å². The molecule has 0 unspecified atom stereocenters. The van der Waals surface area contributed by atoms with Gasteiger partial charge in [0.2, 0.25) is 15.9 Å². The van der Waals surface area contributed by atoms with E-state index in [9.17, 15) is 22.8 Å². The second-order valence-electron chi connectivity index (χ2n) is 5.13. The Labute approximate surface area is 156 Å². The number of halogens is 1. The van der Waals surface area contributed by atoms with Crippen LogP contribution in [0.2, 0.25) is 5.02 Å². The Hall–Kier alpha value is -2.17. The Morgan fingerprint density at radius 2 is 1.73 bits per heavy atom. The zero-order chi connectivity index (χ0) is 19.7. The second kappa shape index (κ2) is 10.1. The molecular weight excluding hydrogens is 386 g/mol. The Bertz CT molecular complexity index is 751. The number of benzene rings is 1. The third-order valence-corrected chi connectivity index (χ3v) is 4.78. The summed E-state index contributed by atoms with van der Waals surface area (Å²) in [6.45, 7) is 2.56. The molecule has 1 rings (SSSR count). The summed E-state index contributed by atoms with van der Waals surface area (Å²) in [7, 11) is -3.95. The number of likely N-dealkylation sites (N-methyl/N-ethyl adjacent to an activating group) is 1. The predicted octanol–water partition coefficient (Wildman–Crippen LogP) is -0.198. The summed E-state index contributed by atoms with van der Waals surface area (Å²) in [5.74, 6) is -2.00. The summed E-state index contributed by atoms with van der Waals surface area (Å²) >= 11 is 5.70. The van der Waals surface area contributed by atoms with Crippen molar-refractivity contribution in [2.75, 3.05) is 19.7 Å². The molecule has 3 N–H and O–H groups in total. The van der Waals surface area contributed by atoms with Crippen LogP contribution in [0.4, 0.5) is 0 Å². The molecule has 1 aromatic rings. The highest BCUT2D eigenvalue weighted by atomic mass is 35.5. The van der Waals surface area contributed by atoms with Gasteiger partial charge in [-0.25, -0.2) is 8.42 Å². The highest BCUT2D eigenvalue weighted by molar-refractivity contribution is 7.89. The third kappa shape index (κ3) is 7.38. The monoisotopic (exact) mass is 405 g/mol. The number of hydrogen-bond donors (Lipinski definition) is 3. The quantitative estimate of drug-likeness (QED) is 0.488. The molecule has 11 heteroatoms. The van der Waals surface area contributed by atoms with Gasteiger partial charge in [-0.2, -0.15) is 4.72 Å². The second-order valence-corrected chi connectivity index (χ2v) is 7.29. The molecule has 0 saturated heterocycles. The molecule has 1 aromatic carbocycles. The minimum Gasteiger partial charge on any atom is -0.454 e. The molecule has 0 aliphatic carbocycles. The molecule has 9 nitrogen and oxygen atoms in total. The van der Waals surface area contributed by atoms with Gasteiger partial charge in [0, 0.05) is 11.6 Å². The van der Waals surface area contributed by atoms with Crippen molar-refractivity contribution in [3.8, 4) is 0 Å². The maximum atomic E-state index is 12.1. The Morgan fingerprint density at radius 3 is 2.31 bits per heavy atom. The van der Waals surface area contributed by atoms with Crippen molar-refractivity contribution in [2.45, 2.75) is 24.8 Å². The number of hydrogen-bond acceptors (Lipinski definition) is 6. The van der Waals surface area contributed by atoms with Gasteiger partial charge >= 0.3 is 5.97 Å². The number of esters is 1. The average Bonchev–Trinajstić information content (AvgIpc) is 2.58. The summed E-state index contributed by atoms with van der Waals surface area (Å²) in [5.41, 5.74) is 0. The minimum absolute atomic E-state index is 0.0683. The van der Waals surface area contributed by atoms with Crippen molar-refractivity contribution >= 4 is 39.4 Å². The van der Waals surface area contributed by atoms with Crippen LogP contribution in [-0.4, -0.2) is 51.9 Å². The van der Waals surface area contributed by atoms with E-state index in [1.165, 1.54) is 31.2 Å². The summed E-state index contributed by atoms with van der Waals surface area (Å²) in [6, 6.07) is 4.16. The van der Waals surface area contributed by atoms with Crippen molar-refractivity contribution in [1.29, 1.82) is 0 Å². The fourth-order valence-electron chi connectivity index (χ4n) is 1.71. The van der Waals surface area contributed by atoms with E-state index < -0.39 is 34.5 Å². The van der Waals surface area contributed by atoms with Gasteiger partial charge < -0.3 is 15.4 Å². The molecule has 0 fully saturated rings. The van der Waals surface area contributed by atoms with Crippen LogP contribution in [-0.2, 0) is 29.1 Å². The van der Waals surface area contributed by atoms with Crippen LogP contribution in [0.3, 0.4) is 0 Å². The maximum Gasteiger partial charge on any atom is 0.324 e. The molecular formula is C15H20ClN3O6S. The summed E-state index contributed by atoms with van der Waals surface area (Å²) in [4.78, 5) is 34.4. The van der Waals surface area contributed by atoms with Gasteiger partial charge in [-0.1, -0.05) is 11.6 Å². The number of rotatable bonds is 9. The average molecular weight is 406 g/mol. The fraction of sp³-hybridized carbons (Fsp3) is 0.400. The van der Waals surface area contributed by atoms with Gasteiger partial charge in [-0.3, -0.25) is 14.4 Å². The fourth-order valence-corrected chi connectivity index (χ4v) is 3.03. The highest BCUT2D eigenvalue weighted by Gasteiger charge is 2.23. The third-order valence-electron chi connectivity index (χ3n) is 2.98. The van der Waals surface area contributed by atoms with Crippen LogP contribution in [0.15, 0.2) is 29.2 Å². The standard InChI is InChI=1S/C15H20ClN3O6S/c1-3-17-13(20)8-18-14(21)9-25-15(22)10(2)19-26(23,24)12-6-4-11(16)5-7-12/h4-7,10,19H,3,8-9H2,1-2H3,(H,17,20)(H,18,21)/t10-/m0/s1. The minimum atomic E-state index is -3.95. The van der Waals surface area contributed by atoms with Crippen LogP contribution in [0.1, 0.15) is 13.8 Å². The first-order chi connectivity index (χ1) is 12.2. The lowest BCUT2D eigenvalue weighted by Crippen LogP contribution is -2.42. The number of ether oxygens (including phenoxy) is 1. The zero-order valence-electron chi connectivity index (χ0n) is 14.2. The van der Waals surface area contributed by atoms with Gasteiger partial charge in [-0.05, 0) is 38.1 Å². The van der Waals surface area contributed by atoms with E-state index in [1.807, 2.05) is 0 Å². The topological polar surface area (TPSA) is 131 Å². The lowest BCUT2D eigenvalue weighted by atomic mass is 10.4. The lowest BCUT2D eigenvalue weighted by Gasteiger charge is -2.14. The van der Waals surface area contributed by atoms with E-state index in [1.54, 1.807) is 6.92 Å². The first kappa shape index (κ1) is 21.9. The maximum absolute atomic E-state index is 12.1. The van der Waals surface area contributed by atoms with Crippen molar-refractivity contribution in [2.24, 2.45) is 0 Å². The van der Waals surface area contributed by atoms with E-state index in [0.717, 1.165) is 0 Å². The van der Waals surface area contributed by atoms with Crippen molar-refractivity contribution in [3.05, 3.63) is 29.3 Å². The predicted molar refractivity (Wildman–Crippen MR) is 93.9 cm³/mol. The lowest BCUT2D eigenvalue weighted by molar-refractivity contribution is -0.149. The van der Waals surface area contributed by atoms with Crippen molar-refractivity contribution in [3.63, 3.8) is 0 Å². The SMILES string of the molecule is CCNC(=O)CNC(=O)COC(=O)[C@H](C)NS(=O)(=O)c1ccc(Cl)cc1. The molecule has 0 aromatic heterocycles. The first-order valence-electron chi connectivity index (χ1n) is 7.63. The van der Waals surface area contributed by atoms with E-state index >= 15 is 0 Å². The van der Waals surface area contributed by atoms with Crippen LogP contribution >= 0.6 is 11.6 Å². The van der Waals surface area contributed by atoms with Crippen LogP contribution < -0.4 is 15.4 Å². The zero-order valence-corrected chi connectivity index (χ0v) is 15.8. The Morgan fingerprint density at radius 1 is 1.12 bits per heavy atom. The molecule has 0 spiro atoms. The molecule has 1 atom stereocenters.